The van der Waals surface area contributed by atoms with E-state index >= 15 is 0 Å². The number of aromatic amines is 2. The summed E-state index contributed by atoms with van der Waals surface area (Å²) in [6.45, 7) is 4.81. The number of phenolic OH excluding ortho intramolecular Hbond substituents is 1. The maximum absolute atomic E-state index is 14.7. The molecule has 5 aromatic rings. The Labute approximate surface area is 287 Å². The summed E-state index contributed by atoms with van der Waals surface area (Å²) >= 11 is 0.955. The molecule has 5 N–H and O–H groups in total. The first-order valence-corrected chi connectivity index (χ1v) is 17.8. The topological polar surface area (TPSA) is 134 Å². The monoisotopic (exact) mass is 687 g/mol. The number of carbonyl (C=O) groups is 1. The highest BCUT2D eigenvalue weighted by atomic mass is 32.1. The number of aliphatic hydroxyl groups excluding tert-OH is 1. The number of aryl methyl sites for hydroxylation is 1. The minimum Gasteiger partial charge on any atom is -0.506 e. The molecule has 7 rings (SSSR count). The van der Waals surface area contributed by atoms with Crippen molar-refractivity contribution in [1.82, 2.24) is 25.1 Å². The van der Waals surface area contributed by atoms with Gasteiger partial charge in [0.25, 0.3) is 0 Å². The van der Waals surface area contributed by atoms with Gasteiger partial charge in [-0.25, -0.2) is 4.39 Å². The van der Waals surface area contributed by atoms with Crippen LogP contribution in [0.5, 0.6) is 5.75 Å². The van der Waals surface area contributed by atoms with Gasteiger partial charge in [0.15, 0.2) is 0 Å². The molecule has 258 valence electrons. The van der Waals surface area contributed by atoms with Gasteiger partial charge in [0.1, 0.15) is 17.1 Å². The Bertz CT molecular complexity index is 2000. The third-order valence-corrected chi connectivity index (χ3v) is 10.9. The van der Waals surface area contributed by atoms with Gasteiger partial charge in [-0.05, 0) is 73.2 Å². The van der Waals surface area contributed by atoms with Gasteiger partial charge >= 0.3 is 4.87 Å². The SMILES string of the molecule is O=C(CCc1c[nH]c2ccccc12)N1CCOC2(CCN(Cc3cc(F)cc(CCNCC(O)c4ccc(O)c5[nH]c(=O)sc45)c3)CC2)C1. The summed E-state index contributed by atoms with van der Waals surface area (Å²) in [6, 6.07) is 16.4. The van der Waals surface area contributed by atoms with E-state index in [9.17, 15) is 24.2 Å². The Kier molecular flexibility index (Phi) is 9.84. The zero-order valence-electron chi connectivity index (χ0n) is 27.3. The lowest BCUT2D eigenvalue weighted by Crippen LogP contribution is -2.57. The number of amides is 1. The van der Waals surface area contributed by atoms with Crippen molar-refractivity contribution in [3.05, 3.63) is 98.5 Å². The average molecular weight is 688 g/mol. The highest BCUT2D eigenvalue weighted by Crippen LogP contribution is 2.33. The van der Waals surface area contributed by atoms with E-state index in [2.05, 4.69) is 32.3 Å². The van der Waals surface area contributed by atoms with Crippen LogP contribution in [0.4, 0.5) is 4.39 Å². The number of nitrogens with zero attached hydrogens (tertiary/aromatic N) is 2. The summed E-state index contributed by atoms with van der Waals surface area (Å²) in [4.78, 5) is 35.0. The number of phenols is 1. The Morgan fingerprint density at radius 2 is 1.90 bits per heavy atom. The van der Waals surface area contributed by atoms with Crippen molar-refractivity contribution in [3.8, 4) is 5.75 Å². The molecule has 2 aromatic heterocycles. The van der Waals surface area contributed by atoms with E-state index in [4.69, 9.17) is 4.74 Å². The normalized spacial score (nSPS) is 17.3. The van der Waals surface area contributed by atoms with E-state index < -0.39 is 6.10 Å². The van der Waals surface area contributed by atoms with Crippen LogP contribution in [0.2, 0.25) is 0 Å². The summed E-state index contributed by atoms with van der Waals surface area (Å²) in [5.41, 5.74) is 4.62. The molecular formula is C37H42FN5O5S. The van der Waals surface area contributed by atoms with Crippen LogP contribution in [0.3, 0.4) is 0 Å². The molecule has 2 fully saturated rings. The van der Waals surface area contributed by atoms with Gasteiger partial charge in [-0.2, -0.15) is 0 Å². The molecule has 1 unspecified atom stereocenters. The van der Waals surface area contributed by atoms with E-state index in [0.29, 0.717) is 67.8 Å². The number of piperidine rings is 1. The number of aromatic hydroxyl groups is 1. The van der Waals surface area contributed by atoms with Gasteiger partial charge in [0.05, 0.1) is 23.0 Å². The molecule has 2 aliphatic heterocycles. The summed E-state index contributed by atoms with van der Waals surface area (Å²) in [7, 11) is 0. The molecule has 0 radical (unpaired) electrons. The number of aromatic nitrogens is 2. The van der Waals surface area contributed by atoms with E-state index in [0.717, 1.165) is 53.9 Å². The highest BCUT2D eigenvalue weighted by molar-refractivity contribution is 7.16. The van der Waals surface area contributed by atoms with Crippen molar-refractivity contribution in [2.24, 2.45) is 0 Å². The second-order valence-electron chi connectivity index (χ2n) is 13.3. The molecule has 3 aromatic carbocycles. The number of thiazole rings is 1. The summed E-state index contributed by atoms with van der Waals surface area (Å²) in [5.74, 6) is -0.131. The molecule has 49 heavy (non-hydrogen) atoms. The molecule has 0 saturated carbocycles. The Balaban J connectivity index is 0.876. The Hall–Kier alpha value is -4.07. The Morgan fingerprint density at radius 1 is 1.08 bits per heavy atom. The van der Waals surface area contributed by atoms with E-state index in [1.807, 2.05) is 29.3 Å². The summed E-state index contributed by atoms with van der Waals surface area (Å²) in [5, 5.41) is 25.2. The number of hydrogen-bond acceptors (Lipinski definition) is 8. The van der Waals surface area contributed by atoms with Gasteiger partial charge in [0.2, 0.25) is 5.91 Å². The average Bonchev–Trinajstić information content (AvgIpc) is 3.70. The minimum atomic E-state index is -0.872. The third kappa shape index (κ3) is 7.58. The lowest BCUT2D eigenvalue weighted by Gasteiger charge is -2.47. The molecule has 4 heterocycles. The largest absolute Gasteiger partial charge is 0.506 e. The summed E-state index contributed by atoms with van der Waals surface area (Å²) < 4.78 is 21.5. The summed E-state index contributed by atoms with van der Waals surface area (Å²) in [6.07, 6.45) is 4.54. The van der Waals surface area contributed by atoms with E-state index in [1.165, 1.54) is 17.0 Å². The maximum Gasteiger partial charge on any atom is 0.305 e. The van der Waals surface area contributed by atoms with Crippen LogP contribution in [0.25, 0.3) is 21.1 Å². The molecule has 12 heteroatoms. The number of rotatable bonds is 11. The molecule has 1 atom stereocenters. The van der Waals surface area contributed by atoms with Gasteiger partial charge in [0, 0.05) is 68.4 Å². The number of morpholine rings is 1. The molecule has 0 bridgehead atoms. The molecule has 2 aliphatic rings. The zero-order valence-corrected chi connectivity index (χ0v) is 28.2. The first-order valence-electron chi connectivity index (χ1n) is 17.0. The van der Waals surface area contributed by atoms with Gasteiger partial charge in [-0.1, -0.05) is 41.7 Å². The lowest BCUT2D eigenvalue weighted by molar-refractivity contribution is -0.159. The molecule has 1 amide bonds. The standard InChI is InChI=1S/C37H42FN5O5S/c38-27-18-24(9-12-39-21-32(45)29-6-7-31(44)34-35(29)49-36(47)41-34)17-25(19-27)22-42-13-10-37(11-14-42)23-43(15-16-48-37)33(46)8-5-26-20-40-30-4-2-1-3-28(26)30/h1-4,6-7,17-20,32,39-40,44-45H,5,8-16,21-23H2,(H,41,47). The van der Waals surface area contributed by atoms with Crippen LogP contribution in [0.1, 0.15) is 47.6 Å². The minimum absolute atomic E-state index is 0.0300. The molecular weight excluding hydrogens is 646 g/mol. The van der Waals surface area contributed by atoms with Crippen LogP contribution in [-0.2, 0) is 28.9 Å². The predicted molar refractivity (Wildman–Crippen MR) is 188 cm³/mol. The van der Waals surface area contributed by atoms with Crippen molar-refractivity contribution >= 4 is 38.4 Å². The fourth-order valence-corrected chi connectivity index (χ4v) is 8.23. The smallest absolute Gasteiger partial charge is 0.305 e. The number of carbonyl (C=O) groups excluding carboxylic acids is 1. The van der Waals surface area contributed by atoms with Crippen LogP contribution >= 0.6 is 11.3 Å². The number of halogens is 1. The van der Waals surface area contributed by atoms with E-state index in [-0.39, 0.29) is 34.5 Å². The molecule has 2 saturated heterocycles. The van der Waals surface area contributed by atoms with E-state index in [1.54, 1.807) is 18.2 Å². The molecule has 10 nitrogen and oxygen atoms in total. The quantitative estimate of drug-likeness (QED) is 0.128. The van der Waals surface area contributed by atoms with Crippen molar-refractivity contribution < 1.29 is 24.1 Å². The number of ether oxygens (including phenoxy) is 1. The number of H-pyrrole nitrogens is 2. The number of hydrogen-bond donors (Lipinski definition) is 5. The van der Waals surface area contributed by atoms with Crippen molar-refractivity contribution in [2.75, 3.05) is 45.9 Å². The first kappa shape index (κ1) is 33.4. The zero-order chi connectivity index (χ0) is 34.0. The van der Waals surface area contributed by atoms with Crippen molar-refractivity contribution in [2.45, 2.75) is 50.4 Å². The second kappa shape index (κ2) is 14.4. The number of aliphatic hydroxyl groups is 1. The van der Waals surface area contributed by atoms with Crippen LogP contribution < -0.4 is 10.2 Å². The number of fused-ring (bicyclic) bond motifs is 2. The van der Waals surface area contributed by atoms with Crippen LogP contribution in [0, 0.1) is 5.82 Å². The maximum atomic E-state index is 14.7. The molecule has 1 spiro atoms. The third-order valence-electron chi connectivity index (χ3n) is 9.95. The van der Waals surface area contributed by atoms with Crippen molar-refractivity contribution in [1.29, 1.82) is 0 Å². The van der Waals surface area contributed by atoms with Crippen molar-refractivity contribution in [3.63, 3.8) is 0 Å². The van der Waals surface area contributed by atoms with Gasteiger partial charge in [-0.15, -0.1) is 0 Å². The highest BCUT2D eigenvalue weighted by Gasteiger charge is 2.40. The van der Waals surface area contributed by atoms with Gasteiger partial charge in [-0.3, -0.25) is 14.5 Å². The fraction of sp³-hybridized carbons (Fsp3) is 0.405. The number of likely N-dealkylation sites (tertiary alicyclic amines) is 1. The molecule has 0 aliphatic carbocycles. The predicted octanol–water partition coefficient (Wildman–Crippen LogP) is 4.61. The van der Waals surface area contributed by atoms with Crippen LogP contribution in [-0.4, -0.2) is 87.4 Å². The number of benzene rings is 3. The lowest BCUT2D eigenvalue weighted by atomic mass is 9.89. The number of para-hydroxylation sites is 1. The Morgan fingerprint density at radius 3 is 2.76 bits per heavy atom. The van der Waals surface area contributed by atoms with Crippen LogP contribution in [0.15, 0.2) is 65.6 Å². The van der Waals surface area contributed by atoms with Gasteiger partial charge < -0.3 is 35.1 Å². The second-order valence-corrected chi connectivity index (χ2v) is 14.3. The first-order chi connectivity index (χ1) is 23.7. The fourth-order valence-electron chi connectivity index (χ4n) is 7.31. The number of nitrogens with one attached hydrogen (secondary N) is 3.